The molecule has 2 rings (SSSR count). The number of sulfonamides is 1. The van der Waals surface area contributed by atoms with Gasteiger partial charge < -0.3 is 15.0 Å². The molecule has 2 N–H and O–H groups in total. The zero-order valence-electron chi connectivity index (χ0n) is 18.4. The van der Waals surface area contributed by atoms with Crippen LogP contribution in [0.15, 0.2) is 53.4 Å². The zero-order chi connectivity index (χ0) is 23.2. The number of amides is 1. The quantitative estimate of drug-likeness (QED) is 0.560. The van der Waals surface area contributed by atoms with Crippen LogP contribution in [0.4, 0.5) is 0 Å². The number of nitrogens with one attached hydrogen (secondary N) is 2. The predicted molar refractivity (Wildman–Crippen MR) is 123 cm³/mol. The third-order valence-corrected chi connectivity index (χ3v) is 6.66. The number of carbonyl (C=O) groups excluding carboxylic acids is 1. The van der Waals surface area contributed by atoms with Gasteiger partial charge in [0.1, 0.15) is 11.8 Å². The van der Waals surface area contributed by atoms with Crippen molar-refractivity contribution in [2.45, 2.75) is 30.8 Å². The van der Waals surface area contributed by atoms with Gasteiger partial charge >= 0.3 is 0 Å². The Morgan fingerprint density at radius 2 is 1.65 bits per heavy atom. The summed E-state index contributed by atoms with van der Waals surface area (Å²) >= 11 is 5.84. The van der Waals surface area contributed by atoms with E-state index in [-0.39, 0.29) is 22.8 Å². The van der Waals surface area contributed by atoms with Gasteiger partial charge in [-0.25, -0.2) is 8.42 Å². The van der Waals surface area contributed by atoms with E-state index in [2.05, 4.69) is 10.0 Å². The van der Waals surface area contributed by atoms with Crippen molar-refractivity contribution in [3.05, 3.63) is 59.1 Å². The standard InChI is InChI=1S/C22H30ClN3O4S/c1-15(2)21(25-31(28,29)19-12-8-17(23)9-13-19)22(27)24-14-20(26(3)4)16-6-10-18(30-5)11-7-16/h6-13,15,20-21,25H,14H2,1-5H3,(H,24,27)/t20-,21-/m0/s1. The van der Waals surface area contributed by atoms with E-state index in [1.54, 1.807) is 21.0 Å². The number of benzene rings is 2. The van der Waals surface area contributed by atoms with Gasteiger partial charge in [0.15, 0.2) is 0 Å². The van der Waals surface area contributed by atoms with Crippen LogP contribution in [-0.4, -0.2) is 53.0 Å². The van der Waals surface area contributed by atoms with Gasteiger partial charge in [0, 0.05) is 11.6 Å². The van der Waals surface area contributed by atoms with Gasteiger partial charge in [0.25, 0.3) is 0 Å². The fourth-order valence-corrected chi connectivity index (χ4v) is 4.54. The van der Waals surface area contributed by atoms with E-state index in [0.717, 1.165) is 11.3 Å². The maximum atomic E-state index is 12.9. The summed E-state index contributed by atoms with van der Waals surface area (Å²) in [6.07, 6.45) is 0. The summed E-state index contributed by atoms with van der Waals surface area (Å²) < 4.78 is 33.2. The van der Waals surface area contributed by atoms with Crippen LogP contribution < -0.4 is 14.8 Å². The highest BCUT2D eigenvalue weighted by Crippen LogP contribution is 2.21. The molecule has 0 aromatic heterocycles. The summed E-state index contributed by atoms with van der Waals surface area (Å²) in [4.78, 5) is 15.0. The SMILES string of the molecule is COc1ccc([C@H](CNC(=O)[C@@H](NS(=O)(=O)c2ccc(Cl)cc2)C(C)C)N(C)C)cc1. The first-order valence-electron chi connectivity index (χ1n) is 9.91. The second-order valence-electron chi connectivity index (χ2n) is 7.79. The van der Waals surface area contributed by atoms with Crippen molar-refractivity contribution in [1.82, 2.24) is 14.9 Å². The van der Waals surface area contributed by atoms with Gasteiger partial charge in [0.05, 0.1) is 18.0 Å². The Bertz CT molecular complexity index is 961. The van der Waals surface area contributed by atoms with Crippen LogP contribution in [0.2, 0.25) is 5.02 Å². The Morgan fingerprint density at radius 1 is 1.06 bits per heavy atom. The highest BCUT2D eigenvalue weighted by molar-refractivity contribution is 7.89. The van der Waals surface area contributed by atoms with E-state index in [1.807, 2.05) is 43.3 Å². The molecular weight excluding hydrogens is 438 g/mol. The molecule has 0 aliphatic rings. The molecule has 0 saturated carbocycles. The van der Waals surface area contributed by atoms with Crippen LogP contribution in [-0.2, 0) is 14.8 Å². The molecular formula is C22H30ClN3O4S. The smallest absolute Gasteiger partial charge is 0.241 e. The molecule has 0 spiro atoms. The van der Waals surface area contributed by atoms with E-state index in [0.29, 0.717) is 11.6 Å². The number of ether oxygens (including phenoxy) is 1. The molecule has 1 amide bonds. The number of methoxy groups -OCH3 is 1. The van der Waals surface area contributed by atoms with E-state index in [1.165, 1.54) is 24.3 Å². The van der Waals surface area contributed by atoms with Crippen LogP contribution in [0.25, 0.3) is 0 Å². The fourth-order valence-electron chi connectivity index (χ4n) is 3.07. The van der Waals surface area contributed by atoms with Crippen LogP contribution in [0, 0.1) is 5.92 Å². The number of nitrogens with zero attached hydrogens (tertiary/aromatic N) is 1. The van der Waals surface area contributed by atoms with Gasteiger partial charge in [-0.3, -0.25) is 4.79 Å². The molecule has 2 aromatic carbocycles. The average molecular weight is 468 g/mol. The molecule has 0 bridgehead atoms. The first-order chi connectivity index (χ1) is 14.5. The van der Waals surface area contributed by atoms with Crippen molar-refractivity contribution in [3.63, 3.8) is 0 Å². The molecule has 9 heteroatoms. The number of halogens is 1. The minimum absolute atomic E-state index is 0.0553. The molecule has 0 saturated heterocycles. The molecule has 2 aromatic rings. The minimum atomic E-state index is -3.87. The lowest BCUT2D eigenvalue weighted by atomic mass is 10.0. The molecule has 2 atom stereocenters. The predicted octanol–water partition coefficient (Wildman–Crippen LogP) is 3.07. The first kappa shape index (κ1) is 25.1. The van der Waals surface area contributed by atoms with Gasteiger partial charge in [-0.15, -0.1) is 0 Å². The maximum Gasteiger partial charge on any atom is 0.241 e. The number of hydrogen-bond acceptors (Lipinski definition) is 5. The Balaban J connectivity index is 2.12. The van der Waals surface area contributed by atoms with E-state index >= 15 is 0 Å². The molecule has 170 valence electrons. The van der Waals surface area contributed by atoms with Gasteiger partial charge in [-0.05, 0) is 62.0 Å². The van der Waals surface area contributed by atoms with Crippen molar-refractivity contribution in [2.24, 2.45) is 5.92 Å². The Kier molecular flexibility index (Phi) is 8.88. The lowest BCUT2D eigenvalue weighted by molar-refractivity contribution is -0.123. The number of rotatable bonds is 10. The van der Waals surface area contributed by atoms with E-state index in [9.17, 15) is 13.2 Å². The lowest BCUT2D eigenvalue weighted by Gasteiger charge is -2.27. The Hall–Kier alpha value is -2.13. The highest BCUT2D eigenvalue weighted by atomic mass is 35.5. The van der Waals surface area contributed by atoms with E-state index < -0.39 is 16.1 Å². The van der Waals surface area contributed by atoms with Crippen LogP contribution in [0.1, 0.15) is 25.5 Å². The van der Waals surface area contributed by atoms with Crippen molar-refractivity contribution < 1.29 is 17.9 Å². The summed E-state index contributed by atoms with van der Waals surface area (Å²) in [5, 5.41) is 3.33. The summed E-state index contributed by atoms with van der Waals surface area (Å²) in [5.74, 6) is 0.121. The molecule has 0 fully saturated rings. The van der Waals surface area contributed by atoms with Crippen molar-refractivity contribution in [1.29, 1.82) is 0 Å². The second kappa shape index (κ2) is 10.9. The number of carbonyl (C=O) groups is 1. The molecule has 0 heterocycles. The first-order valence-corrected chi connectivity index (χ1v) is 11.8. The monoisotopic (exact) mass is 467 g/mol. The molecule has 0 aliphatic heterocycles. The summed E-state index contributed by atoms with van der Waals surface area (Å²) in [5.41, 5.74) is 1.01. The number of hydrogen-bond donors (Lipinski definition) is 2. The van der Waals surface area contributed by atoms with Crippen molar-refractivity contribution >= 4 is 27.5 Å². The summed E-state index contributed by atoms with van der Waals surface area (Å²) in [7, 11) is 1.57. The Morgan fingerprint density at radius 3 is 2.13 bits per heavy atom. The molecule has 31 heavy (non-hydrogen) atoms. The third-order valence-electron chi connectivity index (χ3n) is 4.95. The summed E-state index contributed by atoms with van der Waals surface area (Å²) in [6.45, 7) is 3.91. The largest absolute Gasteiger partial charge is 0.497 e. The molecule has 7 nitrogen and oxygen atoms in total. The fraction of sp³-hybridized carbons (Fsp3) is 0.409. The lowest BCUT2D eigenvalue weighted by Crippen LogP contribution is -2.50. The summed E-state index contributed by atoms with van der Waals surface area (Å²) in [6, 6.07) is 12.4. The van der Waals surface area contributed by atoms with Gasteiger partial charge in [0.2, 0.25) is 15.9 Å². The molecule has 0 radical (unpaired) electrons. The molecule has 0 unspecified atom stereocenters. The van der Waals surface area contributed by atoms with Crippen molar-refractivity contribution in [3.8, 4) is 5.75 Å². The van der Waals surface area contributed by atoms with Crippen LogP contribution in [0.5, 0.6) is 5.75 Å². The van der Waals surface area contributed by atoms with Gasteiger partial charge in [-0.1, -0.05) is 37.6 Å². The highest BCUT2D eigenvalue weighted by Gasteiger charge is 2.29. The van der Waals surface area contributed by atoms with Crippen molar-refractivity contribution in [2.75, 3.05) is 27.7 Å². The number of likely N-dealkylation sites (N-methyl/N-ethyl adjacent to an activating group) is 1. The molecule has 0 aliphatic carbocycles. The van der Waals surface area contributed by atoms with Crippen LogP contribution in [0.3, 0.4) is 0 Å². The minimum Gasteiger partial charge on any atom is -0.497 e. The van der Waals surface area contributed by atoms with E-state index in [4.69, 9.17) is 16.3 Å². The maximum absolute atomic E-state index is 12.9. The Labute approximate surface area is 189 Å². The normalized spacial score (nSPS) is 13.8. The average Bonchev–Trinajstić information content (AvgIpc) is 2.72. The zero-order valence-corrected chi connectivity index (χ0v) is 20.0. The van der Waals surface area contributed by atoms with Gasteiger partial charge in [-0.2, -0.15) is 4.72 Å². The topological polar surface area (TPSA) is 87.7 Å². The second-order valence-corrected chi connectivity index (χ2v) is 9.95. The van der Waals surface area contributed by atoms with Crippen LogP contribution >= 0.6 is 11.6 Å². The third kappa shape index (κ3) is 6.93.